The molecule has 1 N–H and O–H groups in total. The highest BCUT2D eigenvalue weighted by atomic mass is 32.2. The molecule has 0 saturated carbocycles. The van der Waals surface area contributed by atoms with Crippen LogP contribution in [0, 0.1) is 19.3 Å². The lowest BCUT2D eigenvalue weighted by Crippen LogP contribution is -2.30. The van der Waals surface area contributed by atoms with Crippen molar-refractivity contribution in [3.63, 3.8) is 0 Å². The Balaban J connectivity index is 1.76. The fourth-order valence-electron chi connectivity index (χ4n) is 4.55. The molecule has 9 heteroatoms. The first-order valence-corrected chi connectivity index (χ1v) is 12.9. The van der Waals surface area contributed by atoms with Crippen LogP contribution in [0.25, 0.3) is 11.3 Å². The summed E-state index contributed by atoms with van der Waals surface area (Å²) in [5.41, 5.74) is 3.81. The minimum atomic E-state index is -4.04. The van der Waals surface area contributed by atoms with Crippen LogP contribution >= 0.6 is 0 Å². The van der Waals surface area contributed by atoms with E-state index in [0.717, 1.165) is 29.7 Å². The summed E-state index contributed by atoms with van der Waals surface area (Å²) < 4.78 is 34.9. The molecule has 2 heterocycles. The molecule has 1 unspecified atom stereocenters. The smallest absolute Gasteiger partial charge is 0.264 e. The summed E-state index contributed by atoms with van der Waals surface area (Å²) in [7, 11) is -2.04. The van der Waals surface area contributed by atoms with Crippen molar-refractivity contribution in [1.82, 2.24) is 14.9 Å². The molecule has 3 aromatic rings. The van der Waals surface area contributed by atoms with Crippen molar-refractivity contribution in [1.29, 1.82) is 0 Å². The summed E-state index contributed by atoms with van der Waals surface area (Å²) in [5.74, 6) is 0.183. The van der Waals surface area contributed by atoms with Crippen molar-refractivity contribution < 1.29 is 17.9 Å². The number of carbonyl (C=O) groups excluding carboxylic acids is 1. The van der Waals surface area contributed by atoms with E-state index in [1.165, 1.54) is 24.3 Å². The SMILES string of the molecule is Cc1cccc(C)c1-c1cc(OC2CC(C)(C)CN2C)nc(NS(=O)(=O)c2cccc(C=O)c2)n1. The van der Waals surface area contributed by atoms with Gasteiger partial charge in [0.15, 0.2) is 6.23 Å². The van der Waals surface area contributed by atoms with E-state index in [2.05, 4.69) is 33.4 Å². The number of likely N-dealkylation sites (tertiary alicyclic amines) is 1. The molecule has 1 atom stereocenters. The van der Waals surface area contributed by atoms with E-state index in [-0.39, 0.29) is 33.9 Å². The number of ether oxygens (including phenoxy) is 1. The van der Waals surface area contributed by atoms with Gasteiger partial charge in [0.1, 0.15) is 6.29 Å². The Morgan fingerprint density at radius 2 is 1.77 bits per heavy atom. The number of nitrogens with zero attached hydrogens (tertiary/aromatic N) is 3. The predicted molar refractivity (Wildman–Crippen MR) is 135 cm³/mol. The standard InChI is InChI=1S/C26H30N4O4S/c1-17-8-6-9-18(2)24(17)21-13-22(34-23-14-26(3,4)16-30(23)5)28-25(27-21)29-35(32,33)20-11-7-10-19(12-20)15-31/h6-13,15,23H,14,16H2,1-5H3,(H,27,28,29). The van der Waals surface area contributed by atoms with Gasteiger partial charge in [0.05, 0.1) is 10.6 Å². The van der Waals surface area contributed by atoms with Gasteiger partial charge in [-0.15, -0.1) is 0 Å². The van der Waals surface area contributed by atoms with Crippen LogP contribution in [0.3, 0.4) is 0 Å². The van der Waals surface area contributed by atoms with Gasteiger partial charge in [-0.3, -0.25) is 9.69 Å². The molecule has 1 aromatic heterocycles. The number of hydrogen-bond donors (Lipinski definition) is 1. The minimum Gasteiger partial charge on any atom is -0.458 e. The second-order valence-corrected chi connectivity index (χ2v) is 11.5. The zero-order chi connectivity index (χ0) is 25.4. The predicted octanol–water partition coefficient (Wildman–Crippen LogP) is 4.44. The lowest BCUT2D eigenvalue weighted by molar-refractivity contribution is 0.0762. The largest absolute Gasteiger partial charge is 0.458 e. The van der Waals surface area contributed by atoms with Crippen molar-refractivity contribution >= 4 is 22.3 Å². The van der Waals surface area contributed by atoms with E-state index in [0.29, 0.717) is 12.0 Å². The molecular formula is C26H30N4O4S. The quantitative estimate of drug-likeness (QED) is 0.485. The highest BCUT2D eigenvalue weighted by Crippen LogP contribution is 2.35. The van der Waals surface area contributed by atoms with Gasteiger partial charge in [0, 0.05) is 30.2 Å². The summed E-state index contributed by atoms with van der Waals surface area (Å²) in [6.07, 6.45) is 1.22. The third kappa shape index (κ3) is 5.52. The molecule has 0 aliphatic carbocycles. The number of aromatic nitrogens is 2. The summed E-state index contributed by atoms with van der Waals surface area (Å²) in [6.45, 7) is 9.20. The molecule has 0 radical (unpaired) electrons. The van der Waals surface area contributed by atoms with Gasteiger partial charge in [-0.1, -0.05) is 44.2 Å². The van der Waals surface area contributed by atoms with E-state index >= 15 is 0 Å². The second-order valence-electron chi connectivity index (χ2n) is 9.83. The molecule has 1 aliphatic rings. The van der Waals surface area contributed by atoms with Crippen molar-refractivity contribution in [3.05, 3.63) is 65.2 Å². The van der Waals surface area contributed by atoms with E-state index in [1.807, 2.05) is 39.1 Å². The molecule has 4 rings (SSSR count). The lowest BCUT2D eigenvalue weighted by Gasteiger charge is -2.21. The van der Waals surface area contributed by atoms with Gasteiger partial charge in [-0.05, 0) is 49.6 Å². The zero-order valence-corrected chi connectivity index (χ0v) is 21.4. The molecule has 1 aliphatic heterocycles. The number of hydrogen-bond acceptors (Lipinski definition) is 7. The molecule has 2 aromatic carbocycles. The van der Waals surface area contributed by atoms with Gasteiger partial charge in [-0.25, -0.2) is 18.1 Å². The molecule has 8 nitrogen and oxygen atoms in total. The van der Waals surface area contributed by atoms with Crippen molar-refractivity contribution in [2.24, 2.45) is 5.41 Å². The molecule has 0 spiro atoms. The van der Waals surface area contributed by atoms with Crippen molar-refractivity contribution in [3.8, 4) is 17.1 Å². The van der Waals surface area contributed by atoms with Crippen LogP contribution in [0.4, 0.5) is 5.95 Å². The highest BCUT2D eigenvalue weighted by Gasteiger charge is 2.37. The third-order valence-electron chi connectivity index (χ3n) is 6.12. The number of carbonyl (C=O) groups is 1. The number of benzene rings is 2. The molecule has 0 bridgehead atoms. The van der Waals surface area contributed by atoms with Crippen LogP contribution in [0.15, 0.2) is 53.4 Å². The molecule has 35 heavy (non-hydrogen) atoms. The number of rotatable bonds is 7. The highest BCUT2D eigenvalue weighted by molar-refractivity contribution is 7.92. The fraction of sp³-hybridized carbons (Fsp3) is 0.346. The average Bonchev–Trinajstić information content (AvgIpc) is 3.04. The van der Waals surface area contributed by atoms with Crippen LogP contribution in [0.2, 0.25) is 0 Å². The Morgan fingerprint density at radius 3 is 2.40 bits per heavy atom. The van der Waals surface area contributed by atoms with Crippen molar-refractivity contribution in [2.45, 2.75) is 45.2 Å². The monoisotopic (exact) mass is 494 g/mol. The summed E-state index contributed by atoms with van der Waals surface area (Å²) in [4.78, 5) is 22.1. The number of anilines is 1. The maximum absolute atomic E-state index is 13.1. The number of aryl methyl sites for hydroxylation is 2. The molecular weight excluding hydrogens is 464 g/mol. The van der Waals surface area contributed by atoms with Crippen molar-refractivity contribution in [2.75, 3.05) is 18.3 Å². The maximum Gasteiger partial charge on any atom is 0.264 e. The van der Waals surface area contributed by atoms with E-state index in [4.69, 9.17) is 4.74 Å². The first-order valence-electron chi connectivity index (χ1n) is 11.4. The normalized spacial score (nSPS) is 17.8. The van der Waals surface area contributed by atoms with Crippen LogP contribution in [0.5, 0.6) is 5.88 Å². The van der Waals surface area contributed by atoms with E-state index in [9.17, 15) is 13.2 Å². The van der Waals surface area contributed by atoms with Gasteiger partial charge in [0.25, 0.3) is 10.0 Å². The Bertz CT molecular complexity index is 1350. The van der Waals surface area contributed by atoms with Gasteiger partial charge < -0.3 is 4.74 Å². The van der Waals surface area contributed by atoms with Crippen LogP contribution in [-0.4, -0.2) is 49.4 Å². The molecule has 0 amide bonds. The fourth-order valence-corrected chi connectivity index (χ4v) is 5.55. The van der Waals surface area contributed by atoms with Crippen LogP contribution < -0.4 is 9.46 Å². The Kier molecular flexibility index (Phi) is 6.66. The topological polar surface area (TPSA) is 101 Å². The Hall–Kier alpha value is -3.30. The number of nitrogens with one attached hydrogen (secondary N) is 1. The van der Waals surface area contributed by atoms with Gasteiger partial charge in [-0.2, -0.15) is 4.98 Å². The first kappa shape index (κ1) is 24.8. The Labute approximate surface area is 206 Å². The molecule has 1 fully saturated rings. The minimum absolute atomic E-state index is 0.0529. The average molecular weight is 495 g/mol. The lowest BCUT2D eigenvalue weighted by atomic mass is 9.93. The second kappa shape index (κ2) is 9.39. The summed E-state index contributed by atoms with van der Waals surface area (Å²) >= 11 is 0. The van der Waals surface area contributed by atoms with E-state index < -0.39 is 10.0 Å². The maximum atomic E-state index is 13.1. The summed E-state index contributed by atoms with van der Waals surface area (Å²) in [5, 5.41) is 0. The van der Waals surface area contributed by atoms with Crippen LogP contribution in [0.1, 0.15) is 41.8 Å². The third-order valence-corrected chi connectivity index (χ3v) is 7.45. The molecule has 184 valence electrons. The first-order chi connectivity index (χ1) is 16.5. The summed E-state index contributed by atoms with van der Waals surface area (Å²) in [6, 6.07) is 13.4. The Morgan fingerprint density at radius 1 is 1.09 bits per heavy atom. The molecule has 1 saturated heterocycles. The van der Waals surface area contributed by atoms with Crippen LogP contribution in [-0.2, 0) is 10.0 Å². The number of sulfonamides is 1. The zero-order valence-electron chi connectivity index (χ0n) is 20.6. The van der Waals surface area contributed by atoms with Gasteiger partial charge >= 0.3 is 0 Å². The van der Waals surface area contributed by atoms with Gasteiger partial charge in [0.2, 0.25) is 11.8 Å². The van der Waals surface area contributed by atoms with E-state index in [1.54, 1.807) is 6.07 Å². The number of aldehydes is 1.